The first-order chi connectivity index (χ1) is 8.77. The van der Waals surface area contributed by atoms with E-state index in [9.17, 15) is 4.79 Å². The molecular formula is C12H25CaO6P. The minimum atomic E-state index is -5.14. The number of unbranched alkanes of at least 4 members (excludes halogenated alkanes) is 8. The number of hydrogen-bond acceptors (Lipinski definition) is 4. The van der Waals surface area contributed by atoms with E-state index in [0.29, 0.717) is 6.42 Å². The molecule has 0 aromatic carbocycles. The average Bonchev–Trinajstić information content (AvgIpc) is 2.24. The van der Waals surface area contributed by atoms with Crippen molar-refractivity contribution in [3.8, 4) is 0 Å². The van der Waals surface area contributed by atoms with Gasteiger partial charge in [0.05, 0.1) is 7.82 Å². The largest absolute Gasteiger partial charge is 2.00 e. The van der Waals surface area contributed by atoms with E-state index in [1.165, 1.54) is 44.9 Å². The molecule has 0 saturated heterocycles. The molecule has 6 nitrogen and oxygen atoms in total. The molecule has 0 saturated carbocycles. The van der Waals surface area contributed by atoms with E-state index >= 15 is 0 Å². The molecule has 0 spiro atoms. The standard InChI is InChI=1S/C12H24O2.Ca.H3O4P/c1-2-3-4-5-6-7-8-9-10-11-12(13)14;;1-5(2,3)4/h2-11H2,1H3,(H,13,14);;(H3,1,2,3,4)/q;+2;/p-2. The van der Waals surface area contributed by atoms with Crippen molar-refractivity contribution in [3.63, 3.8) is 0 Å². The first kappa shape index (κ1) is 25.8. The van der Waals surface area contributed by atoms with Crippen LogP contribution in [-0.4, -0.2) is 53.7 Å². The zero-order chi connectivity index (χ0) is 15.1. The maximum atomic E-state index is 10.2. The Hall–Kier alpha value is 0.840. The van der Waals surface area contributed by atoms with Gasteiger partial charge in [0.2, 0.25) is 0 Å². The summed E-state index contributed by atoms with van der Waals surface area (Å²) in [5.41, 5.74) is 0. The third kappa shape index (κ3) is 42.8. The second kappa shape index (κ2) is 17.9. The van der Waals surface area contributed by atoms with Crippen LogP contribution in [0.15, 0.2) is 0 Å². The fraction of sp³-hybridized carbons (Fsp3) is 0.917. The van der Waals surface area contributed by atoms with Gasteiger partial charge < -0.3 is 24.4 Å². The van der Waals surface area contributed by atoms with Crippen molar-refractivity contribution in [3.05, 3.63) is 0 Å². The Morgan fingerprint density at radius 3 is 1.55 bits per heavy atom. The van der Waals surface area contributed by atoms with Crippen LogP contribution in [0, 0.1) is 0 Å². The molecule has 2 N–H and O–H groups in total. The van der Waals surface area contributed by atoms with Crippen molar-refractivity contribution in [2.24, 2.45) is 0 Å². The van der Waals surface area contributed by atoms with E-state index in [4.69, 9.17) is 24.4 Å². The van der Waals surface area contributed by atoms with E-state index < -0.39 is 13.8 Å². The topological polar surface area (TPSA) is 121 Å². The van der Waals surface area contributed by atoms with Gasteiger partial charge in [0.15, 0.2) is 0 Å². The van der Waals surface area contributed by atoms with E-state index in [1.807, 2.05) is 0 Å². The van der Waals surface area contributed by atoms with Gasteiger partial charge in [-0.25, -0.2) is 0 Å². The molecule has 20 heavy (non-hydrogen) atoms. The van der Waals surface area contributed by atoms with Gasteiger partial charge in [-0.2, -0.15) is 0 Å². The molecule has 116 valence electrons. The summed E-state index contributed by atoms with van der Waals surface area (Å²) in [5, 5.41) is 8.41. The molecule has 0 bridgehead atoms. The van der Waals surface area contributed by atoms with E-state index in [2.05, 4.69) is 6.92 Å². The summed E-state index contributed by atoms with van der Waals surface area (Å²) >= 11 is 0. The van der Waals surface area contributed by atoms with Crippen molar-refractivity contribution in [2.45, 2.75) is 71.1 Å². The molecule has 0 rings (SSSR count). The molecule has 0 aromatic rings. The van der Waals surface area contributed by atoms with Crippen molar-refractivity contribution in [1.29, 1.82) is 0 Å². The first-order valence-corrected chi connectivity index (χ1v) is 8.23. The number of carboxylic acids is 1. The van der Waals surface area contributed by atoms with Gasteiger partial charge in [0, 0.05) is 6.42 Å². The monoisotopic (exact) mass is 336 g/mol. The molecule has 0 fully saturated rings. The smallest absolute Gasteiger partial charge is 0.790 e. The zero-order valence-electron chi connectivity index (χ0n) is 12.3. The summed E-state index contributed by atoms with van der Waals surface area (Å²) in [4.78, 5) is 34.5. The van der Waals surface area contributed by atoms with Crippen LogP contribution in [-0.2, 0) is 9.36 Å². The third-order valence-corrected chi connectivity index (χ3v) is 2.49. The minimum absolute atomic E-state index is 0. The number of phosphoric acid groups is 1. The molecule has 0 aliphatic carbocycles. The summed E-state index contributed by atoms with van der Waals surface area (Å²) in [7, 11) is -5.14. The van der Waals surface area contributed by atoms with Crippen LogP contribution in [0.1, 0.15) is 71.1 Å². The summed E-state index contributed by atoms with van der Waals surface area (Å²) in [6, 6.07) is 0. The molecule has 0 aliphatic heterocycles. The maximum absolute atomic E-state index is 10.2. The second-order valence-corrected chi connectivity index (χ2v) is 5.38. The SMILES string of the molecule is CCCCCCCCCCCC(=O)O.O=P([O-])([O-])O.[Ca+2]. The molecule has 0 unspecified atom stereocenters. The predicted molar refractivity (Wildman–Crippen MR) is 75.1 cm³/mol. The summed E-state index contributed by atoms with van der Waals surface area (Å²) < 4.78 is 8.66. The van der Waals surface area contributed by atoms with Gasteiger partial charge in [0.1, 0.15) is 0 Å². The Labute approximate surface area is 151 Å². The van der Waals surface area contributed by atoms with Crippen LogP contribution in [0.3, 0.4) is 0 Å². The van der Waals surface area contributed by atoms with Crippen molar-refractivity contribution in [1.82, 2.24) is 0 Å². The summed E-state index contributed by atoms with van der Waals surface area (Å²) in [6.07, 6.45) is 11.5. The Bertz CT molecular complexity index is 248. The van der Waals surface area contributed by atoms with Crippen molar-refractivity contribution in [2.75, 3.05) is 0 Å². The quantitative estimate of drug-likeness (QED) is 0.353. The third-order valence-electron chi connectivity index (χ3n) is 2.49. The van der Waals surface area contributed by atoms with Gasteiger partial charge in [0.25, 0.3) is 0 Å². The van der Waals surface area contributed by atoms with Gasteiger partial charge >= 0.3 is 43.7 Å². The van der Waals surface area contributed by atoms with Gasteiger partial charge in [-0.15, -0.1) is 0 Å². The molecule has 0 aromatic heterocycles. The molecular weight excluding hydrogens is 311 g/mol. The zero-order valence-corrected chi connectivity index (χ0v) is 15.4. The van der Waals surface area contributed by atoms with E-state index in [1.54, 1.807) is 0 Å². The van der Waals surface area contributed by atoms with E-state index in [0.717, 1.165) is 12.8 Å². The van der Waals surface area contributed by atoms with Crippen LogP contribution in [0.2, 0.25) is 0 Å². The van der Waals surface area contributed by atoms with Crippen LogP contribution >= 0.6 is 7.82 Å². The number of carboxylic acid groups (broad SMARTS) is 1. The predicted octanol–water partition coefficient (Wildman–Crippen LogP) is 1.42. The molecule has 0 amide bonds. The molecule has 0 atom stereocenters. The first-order valence-electron chi connectivity index (χ1n) is 6.74. The fourth-order valence-electron chi connectivity index (χ4n) is 1.59. The Morgan fingerprint density at radius 2 is 1.25 bits per heavy atom. The molecule has 0 radical (unpaired) electrons. The van der Waals surface area contributed by atoms with Gasteiger partial charge in [-0.05, 0) is 6.42 Å². The summed E-state index contributed by atoms with van der Waals surface area (Å²) in [5.74, 6) is -0.659. The second-order valence-electron chi connectivity index (χ2n) is 4.44. The van der Waals surface area contributed by atoms with Crippen molar-refractivity contribution < 1.29 is 29.1 Å². The van der Waals surface area contributed by atoms with Gasteiger partial charge in [-0.3, -0.25) is 4.79 Å². The molecule has 0 aliphatic rings. The number of hydrogen-bond donors (Lipinski definition) is 2. The summed E-state index contributed by atoms with van der Waals surface area (Å²) in [6.45, 7) is 2.23. The Morgan fingerprint density at radius 1 is 0.950 bits per heavy atom. The van der Waals surface area contributed by atoms with Crippen LogP contribution in [0.4, 0.5) is 0 Å². The number of rotatable bonds is 10. The van der Waals surface area contributed by atoms with Crippen LogP contribution in [0.25, 0.3) is 0 Å². The number of aliphatic carboxylic acids is 1. The molecule has 0 heterocycles. The Balaban J connectivity index is -0.000000414. The number of carbonyl (C=O) groups is 1. The van der Waals surface area contributed by atoms with Crippen LogP contribution in [0.5, 0.6) is 0 Å². The average molecular weight is 336 g/mol. The van der Waals surface area contributed by atoms with Crippen molar-refractivity contribution >= 4 is 51.5 Å². The minimum Gasteiger partial charge on any atom is -0.790 e. The molecule has 8 heteroatoms. The van der Waals surface area contributed by atoms with Crippen LogP contribution < -0.4 is 9.79 Å². The fourth-order valence-corrected chi connectivity index (χ4v) is 1.59. The normalized spacial score (nSPS) is 10.2. The van der Waals surface area contributed by atoms with Gasteiger partial charge in [-0.1, -0.05) is 58.3 Å². The Kier molecular flexibility index (Phi) is 23.1. The van der Waals surface area contributed by atoms with E-state index in [-0.39, 0.29) is 37.7 Å². The maximum Gasteiger partial charge on any atom is 2.00 e.